The van der Waals surface area contributed by atoms with Crippen LogP contribution in [0, 0.1) is 0 Å². The third kappa shape index (κ3) is 5.66. The first kappa shape index (κ1) is 17.2. The standard InChI is InChI=1S/C13H24N4OS2/c1-6-8-14-11-16-17-12(20-11)19-9(3)10(18)15-13(4,5)7-2/h9H,6-8H2,1-5H3,(H,14,16)(H,15,18). The van der Waals surface area contributed by atoms with E-state index in [1.165, 1.54) is 23.1 Å². The van der Waals surface area contributed by atoms with Crippen molar-refractivity contribution in [1.82, 2.24) is 15.5 Å². The first-order valence-corrected chi connectivity index (χ1v) is 8.63. The van der Waals surface area contributed by atoms with E-state index in [0.29, 0.717) is 0 Å². The summed E-state index contributed by atoms with van der Waals surface area (Å²) in [5.74, 6) is 0.0418. The highest BCUT2D eigenvalue weighted by atomic mass is 32.2. The lowest BCUT2D eigenvalue weighted by Crippen LogP contribution is -2.46. The molecule has 1 rings (SSSR count). The van der Waals surface area contributed by atoms with Crippen molar-refractivity contribution in [3.8, 4) is 0 Å². The number of nitrogens with one attached hydrogen (secondary N) is 2. The van der Waals surface area contributed by atoms with E-state index in [2.05, 4.69) is 34.7 Å². The van der Waals surface area contributed by atoms with Crippen LogP contribution in [0.1, 0.15) is 47.5 Å². The first-order chi connectivity index (χ1) is 9.38. The molecule has 7 heteroatoms. The second-order valence-corrected chi connectivity index (χ2v) is 7.85. The van der Waals surface area contributed by atoms with Gasteiger partial charge in [0.05, 0.1) is 5.25 Å². The van der Waals surface area contributed by atoms with E-state index in [1.54, 1.807) is 0 Å². The molecule has 1 amide bonds. The Balaban J connectivity index is 2.51. The molecule has 0 radical (unpaired) electrons. The molecule has 1 heterocycles. The van der Waals surface area contributed by atoms with Crippen LogP contribution in [-0.4, -0.2) is 33.4 Å². The molecule has 2 N–H and O–H groups in total. The Morgan fingerprint density at radius 1 is 1.40 bits per heavy atom. The number of hydrogen-bond donors (Lipinski definition) is 2. The van der Waals surface area contributed by atoms with Crippen molar-refractivity contribution in [3.63, 3.8) is 0 Å². The molecular weight excluding hydrogens is 292 g/mol. The Hall–Kier alpha value is -0.820. The summed E-state index contributed by atoms with van der Waals surface area (Å²) in [5.41, 5.74) is -0.166. The van der Waals surface area contributed by atoms with Crippen molar-refractivity contribution < 1.29 is 4.79 Å². The molecule has 0 bridgehead atoms. The zero-order valence-electron chi connectivity index (χ0n) is 12.8. The average molecular weight is 316 g/mol. The fraction of sp³-hybridized carbons (Fsp3) is 0.769. The molecule has 20 heavy (non-hydrogen) atoms. The average Bonchev–Trinajstić information content (AvgIpc) is 2.83. The molecule has 1 atom stereocenters. The van der Waals surface area contributed by atoms with Crippen molar-refractivity contribution >= 4 is 34.1 Å². The van der Waals surface area contributed by atoms with Gasteiger partial charge in [-0.25, -0.2) is 0 Å². The van der Waals surface area contributed by atoms with Gasteiger partial charge in [-0.1, -0.05) is 36.9 Å². The third-order valence-electron chi connectivity index (χ3n) is 2.92. The summed E-state index contributed by atoms with van der Waals surface area (Å²) < 4.78 is 0.820. The Morgan fingerprint density at radius 3 is 2.70 bits per heavy atom. The minimum absolute atomic E-state index is 0.0418. The van der Waals surface area contributed by atoms with Crippen LogP contribution in [0.25, 0.3) is 0 Å². The molecule has 0 spiro atoms. The topological polar surface area (TPSA) is 66.9 Å². The number of anilines is 1. The van der Waals surface area contributed by atoms with Gasteiger partial charge in [-0.05, 0) is 33.6 Å². The maximum Gasteiger partial charge on any atom is 0.233 e. The van der Waals surface area contributed by atoms with Crippen LogP contribution in [0.15, 0.2) is 4.34 Å². The summed E-state index contributed by atoms with van der Waals surface area (Å²) in [6, 6.07) is 0. The van der Waals surface area contributed by atoms with Gasteiger partial charge < -0.3 is 10.6 Å². The molecule has 0 saturated heterocycles. The number of amides is 1. The highest BCUT2D eigenvalue weighted by molar-refractivity contribution is 8.02. The highest BCUT2D eigenvalue weighted by Crippen LogP contribution is 2.29. The fourth-order valence-corrected chi connectivity index (χ4v) is 3.21. The van der Waals surface area contributed by atoms with E-state index in [0.717, 1.165) is 28.9 Å². The molecule has 1 aromatic rings. The van der Waals surface area contributed by atoms with Crippen LogP contribution in [0.5, 0.6) is 0 Å². The van der Waals surface area contributed by atoms with E-state index in [9.17, 15) is 4.79 Å². The maximum atomic E-state index is 12.1. The summed E-state index contributed by atoms with van der Waals surface area (Å²) in [6.07, 6.45) is 1.95. The molecule has 5 nitrogen and oxygen atoms in total. The summed E-state index contributed by atoms with van der Waals surface area (Å²) in [7, 11) is 0. The second kappa shape index (κ2) is 7.83. The summed E-state index contributed by atoms with van der Waals surface area (Å²) in [6.45, 7) is 11.0. The third-order valence-corrected chi connectivity index (χ3v) is 4.99. The van der Waals surface area contributed by atoms with Gasteiger partial charge in [-0.3, -0.25) is 4.79 Å². The van der Waals surface area contributed by atoms with Gasteiger partial charge in [0.25, 0.3) is 0 Å². The van der Waals surface area contributed by atoms with Crippen LogP contribution < -0.4 is 10.6 Å². The van der Waals surface area contributed by atoms with Gasteiger partial charge in [0, 0.05) is 12.1 Å². The van der Waals surface area contributed by atoms with Gasteiger partial charge in [-0.2, -0.15) is 0 Å². The molecule has 0 aliphatic heterocycles. The lowest BCUT2D eigenvalue weighted by molar-refractivity contribution is -0.121. The van der Waals surface area contributed by atoms with Crippen molar-refractivity contribution in [3.05, 3.63) is 0 Å². The Labute approximate surface area is 129 Å². The number of carbonyl (C=O) groups is 1. The number of hydrogen-bond acceptors (Lipinski definition) is 6. The Morgan fingerprint density at radius 2 is 2.10 bits per heavy atom. The van der Waals surface area contributed by atoms with Gasteiger partial charge in [-0.15, -0.1) is 10.2 Å². The molecular formula is C13H24N4OS2. The molecule has 114 valence electrons. The predicted octanol–water partition coefficient (Wildman–Crippen LogP) is 3.15. The molecule has 1 unspecified atom stereocenters. The van der Waals surface area contributed by atoms with E-state index in [4.69, 9.17) is 0 Å². The minimum Gasteiger partial charge on any atom is -0.360 e. The minimum atomic E-state index is -0.173. The number of nitrogens with zero attached hydrogens (tertiary/aromatic N) is 2. The van der Waals surface area contributed by atoms with E-state index >= 15 is 0 Å². The molecule has 0 saturated carbocycles. The van der Waals surface area contributed by atoms with E-state index in [-0.39, 0.29) is 16.7 Å². The van der Waals surface area contributed by atoms with Gasteiger partial charge >= 0.3 is 0 Å². The van der Waals surface area contributed by atoms with Crippen LogP contribution in [-0.2, 0) is 4.79 Å². The van der Waals surface area contributed by atoms with Gasteiger partial charge in [0.15, 0.2) is 4.34 Å². The Kier molecular flexibility index (Phi) is 6.75. The lowest BCUT2D eigenvalue weighted by Gasteiger charge is -2.26. The quantitative estimate of drug-likeness (QED) is 0.721. The fourth-order valence-electron chi connectivity index (χ4n) is 1.29. The zero-order chi connectivity index (χ0) is 15.2. The lowest BCUT2D eigenvalue weighted by atomic mass is 10.0. The number of aromatic nitrogens is 2. The van der Waals surface area contributed by atoms with Crippen LogP contribution in [0.3, 0.4) is 0 Å². The molecule has 0 fully saturated rings. The molecule has 0 aliphatic carbocycles. The van der Waals surface area contributed by atoms with Crippen molar-refractivity contribution in [2.24, 2.45) is 0 Å². The number of carbonyl (C=O) groups excluding carboxylic acids is 1. The smallest absolute Gasteiger partial charge is 0.233 e. The summed E-state index contributed by atoms with van der Waals surface area (Å²) in [5, 5.41) is 15.0. The predicted molar refractivity (Wildman–Crippen MR) is 86.5 cm³/mol. The van der Waals surface area contributed by atoms with Crippen molar-refractivity contribution in [2.45, 2.75) is 62.6 Å². The maximum absolute atomic E-state index is 12.1. The SMILES string of the molecule is CCCNc1nnc(SC(C)C(=O)NC(C)(C)CC)s1. The van der Waals surface area contributed by atoms with Crippen molar-refractivity contribution in [2.75, 3.05) is 11.9 Å². The molecule has 0 aromatic carbocycles. The van der Waals surface area contributed by atoms with Crippen molar-refractivity contribution in [1.29, 1.82) is 0 Å². The second-order valence-electron chi connectivity index (χ2n) is 5.29. The normalized spacial score (nSPS) is 13.1. The zero-order valence-corrected chi connectivity index (χ0v) is 14.5. The van der Waals surface area contributed by atoms with Crippen LogP contribution in [0.2, 0.25) is 0 Å². The largest absolute Gasteiger partial charge is 0.360 e. The van der Waals surface area contributed by atoms with Crippen LogP contribution >= 0.6 is 23.1 Å². The number of rotatable bonds is 8. The Bertz CT molecular complexity index is 434. The van der Waals surface area contributed by atoms with Gasteiger partial charge in [0.1, 0.15) is 0 Å². The van der Waals surface area contributed by atoms with Crippen LogP contribution in [0.4, 0.5) is 5.13 Å². The molecule has 1 aromatic heterocycles. The van der Waals surface area contributed by atoms with Gasteiger partial charge in [0.2, 0.25) is 11.0 Å². The highest BCUT2D eigenvalue weighted by Gasteiger charge is 2.23. The monoisotopic (exact) mass is 316 g/mol. The summed E-state index contributed by atoms with van der Waals surface area (Å²) in [4.78, 5) is 12.1. The van der Waals surface area contributed by atoms with E-state index in [1.807, 2.05) is 20.8 Å². The number of thioether (sulfide) groups is 1. The molecule has 0 aliphatic rings. The first-order valence-electron chi connectivity index (χ1n) is 6.94. The summed E-state index contributed by atoms with van der Waals surface area (Å²) >= 11 is 2.94. The van der Waals surface area contributed by atoms with E-state index < -0.39 is 0 Å².